The number of nitrogens with one attached hydrogen (secondary N) is 1. The Kier molecular flexibility index (Phi) is 5.92. The Bertz CT molecular complexity index is 809. The molecule has 27 heavy (non-hydrogen) atoms. The first-order valence-corrected chi connectivity index (χ1v) is 9.24. The van der Waals surface area contributed by atoms with E-state index in [2.05, 4.69) is 32.1 Å². The molecule has 1 N–H and O–H groups in total. The fourth-order valence-corrected chi connectivity index (χ4v) is 3.30. The van der Waals surface area contributed by atoms with Gasteiger partial charge in [0.25, 0.3) is 0 Å². The number of aryl methyl sites for hydroxylation is 2. The number of carbonyl (C=O) groups is 1. The van der Waals surface area contributed by atoms with Crippen molar-refractivity contribution in [1.82, 2.24) is 14.9 Å². The summed E-state index contributed by atoms with van der Waals surface area (Å²) in [4.78, 5) is 25.9. The van der Waals surface area contributed by atoms with E-state index in [0.29, 0.717) is 23.0 Å². The van der Waals surface area contributed by atoms with Crippen molar-refractivity contribution in [1.29, 1.82) is 0 Å². The van der Waals surface area contributed by atoms with Crippen LogP contribution in [0, 0.1) is 19.7 Å². The van der Waals surface area contributed by atoms with Gasteiger partial charge in [0.05, 0.1) is 23.5 Å². The molecule has 1 amide bonds. The van der Waals surface area contributed by atoms with Crippen LogP contribution in [0.15, 0.2) is 18.2 Å². The molecule has 1 aliphatic rings. The van der Waals surface area contributed by atoms with Gasteiger partial charge >= 0.3 is 0 Å². The van der Waals surface area contributed by atoms with Crippen molar-refractivity contribution in [2.24, 2.45) is 0 Å². The molecule has 2 aromatic rings. The summed E-state index contributed by atoms with van der Waals surface area (Å²) >= 11 is 6.00. The Hall–Kier alpha value is -2.25. The number of hydrogen-bond acceptors (Lipinski definition) is 5. The maximum absolute atomic E-state index is 13.9. The van der Waals surface area contributed by atoms with E-state index in [9.17, 15) is 9.18 Å². The number of piperazine rings is 1. The molecule has 6 nitrogen and oxygen atoms in total. The van der Waals surface area contributed by atoms with Gasteiger partial charge in [0, 0.05) is 36.8 Å². The molecule has 1 fully saturated rings. The van der Waals surface area contributed by atoms with Crippen LogP contribution in [0.25, 0.3) is 0 Å². The molecule has 144 valence electrons. The van der Waals surface area contributed by atoms with E-state index in [4.69, 9.17) is 11.6 Å². The topological polar surface area (TPSA) is 61.4 Å². The highest BCUT2D eigenvalue weighted by molar-refractivity contribution is 6.31. The summed E-state index contributed by atoms with van der Waals surface area (Å²) in [5.74, 6) is -0.176. The number of likely N-dealkylation sites (N-methyl/N-ethyl adjacent to an activating group) is 1. The molecule has 1 aromatic heterocycles. The van der Waals surface area contributed by atoms with Crippen LogP contribution in [0.1, 0.15) is 17.0 Å². The van der Waals surface area contributed by atoms with Crippen LogP contribution >= 0.6 is 11.6 Å². The smallest absolute Gasteiger partial charge is 0.229 e. The van der Waals surface area contributed by atoms with E-state index in [1.807, 2.05) is 13.8 Å². The van der Waals surface area contributed by atoms with Crippen LogP contribution in [0.3, 0.4) is 0 Å². The van der Waals surface area contributed by atoms with Crippen molar-refractivity contribution in [2.45, 2.75) is 20.3 Å². The van der Waals surface area contributed by atoms with Crippen LogP contribution in [-0.4, -0.2) is 54.0 Å². The summed E-state index contributed by atoms with van der Waals surface area (Å²) in [7, 11) is 2.09. The molecule has 0 bridgehead atoms. The molecule has 0 saturated carbocycles. The molecule has 0 unspecified atom stereocenters. The fourth-order valence-electron chi connectivity index (χ4n) is 3.07. The molecule has 0 radical (unpaired) electrons. The van der Waals surface area contributed by atoms with Crippen LogP contribution < -0.4 is 10.2 Å². The van der Waals surface area contributed by atoms with Gasteiger partial charge in [-0.25, -0.2) is 14.4 Å². The minimum atomic E-state index is -0.493. The molecule has 1 saturated heterocycles. The van der Waals surface area contributed by atoms with Gasteiger partial charge < -0.3 is 15.1 Å². The lowest BCUT2D eigenvalue weighted by atomic mass is 10.1. The van der Waals surface area contributed by atoms with E-state index in [1.54, 1.807) is 6.07 Å². The van der Waals surface area contributed by atoms with Crippen LogP contribution in [-0.2, 0) is 11.2 Å². The second-order valence-corrected chi connectivity index (χ2v) is 7.19. The number of aromatic nitrogens is 2. The maximum atomic E-state index is 13.9. The number of amides is 1. The molecule has 8 heteroatoms. The zero-order chi connectivity index (χ0) is 19.6. The highest BCUT2D eigenvalue weighted by Crippen LogP contribution is 2.23. The highest BCUT2D eigenvalue weighted by atomic mass is 35.5. The Morgan fingerprint density at radius 2 is 1.81 bits per heavy atom. The molecule has 1 aliphatic heterocycles. The van der Waals surface area contributed by atoms with Gasteiger partial charge in [-0.2, -0.15) is 0 Å². The first-order valence-electron chi connectivity index (χ1n) is 8.86. The molecule has 1 aromatic carbocycles. The zero-order valence-corrected chi connectivity index (χ0v) is 16.5. The Morgan fingerprint density at radius 3 is 2.41 bits per heavy atom. The fraction of sp³-hybridized carbons (Fsp3) is 0.421. The lowest BCUT2D eigenvalue weighted by molar-refractivity contribution is -0.115. The maximum Gasteiger partial charge on any atom is 0.229 e. The summed E-state index contributed by atoms with van der Waals surface area (Å²) < 4.78 is 13.9. The summed E-state index contributed by atoms with van der Waals surface area (Å²) in [6.45, 7) is 7.33. The van der Waals surface area contributed by atoms with Gasteiger partial charge in [0.15, 0.2) is 0 Å². The monoisotopic (exact) mass is 391 g/mol. The largest absolute Gasteiger partial charge is 0.338 e. The minimum absolute atomic E-state index is 0.148. The van der Waals surface area contributed by atoms with Crippen molar-refractivity contribution in [3.63, 3.8) is 0 Å². The van der Waals surface area contributed by atoms with Crippen molar-refractivity contribution in [3.8, 4) is 0 Å². The number of rotatable bonds is 4. The quantitative estimate of drug-likeness (QED) is 0.868. The first kappa shape index (κ1) is 19.5. The van der Waals surface area contributed by atoms with E-state index >= 15 is 0 Å². The van der Waals surface area contributed by atoms with Gasteiger partial charge in [-0.05, 0) is 33.0 Å². The van der Waals surface area contributed by atoms with Crippen molar-refractivity contribution >= 4 is 29.1 Å². The minimum Gasteiger partial charge on any atom is -0.338 e. The number of halogens is 2. The number of hydrogen-bond donors (Lipinski definition) is 1. The normalized spacial score (nSPS) is 15.1. The van der Waals surface area contributed by atoms with E-state index in [-0.39, 0.29) is 22.9 Å². The van der Waals surface area contributed by atoms with Crippen molar-refractivity contribution in [2.75, 3.05) is 43.4 Å². The van der Waals surface area contributed by atoms with Crippen molar-refractivity contribution < 1.29 is 9.18 Å². The van der Waals surface area contributed by atoms with Gasteiger partial charge in [-0.1, -0.05) is 17.7 Å². The summed E-state index contributed by atoms with van der Waals surface area (Å²) in [5, 5.41) is 3.04. The van der Waals surface area contributed by atoms with Crippen LogP contribution in [0.2, 0.25) is 5.02 Å². The number of anilines is 2. The summed E-state index contributed by atoms with van der Waals surface area (Å²) in [6.07, 6.45) is -0.148. The van der Waals surface area contributed by atoms with E-state index in [1.165, 1.54) is 12.1 Å². The lowest BCUT2D eigenvalue weighted by Gasteiger charge is -2.32. The predicted octanol–water partition coefficient (Wildman–Crippen LogP) is 2.82. The van der Waals surface area contributed by atoms with E-state index < -0.39 is 5.82 Å². The van der Waals surface area contributed by atoms with Crippen LogP contribution in [0.4, 0.5) is 16.0 Å². The van der Waals surface area contributed by atoms with Crippen LogP contribution in [0.5, 0.6) is 0 Å². The molecule has 2 heterocycles. The predicted molar refractivity (Wildman–Crippen MR) is 105 cm³/mol. The SMILES string of the molecule is Cc1nc(N2CCN(C)CC2)nc(C)c1NC(=O)Cc1c(F)cccc1Cl. The van der Waals surface area contributed by atoms with Gasteiger partial charge in [-0.15, -0.1) is 0 Å². The average Bonchev–Trinajstić information content (AvgIpc) is 2.62. The van der Waals surface area contributed by atoms with Gasteiger partial charge in [0.2, 0.25) is 11.9 Å². The zero-order valence-electron chi connectivity index (χ0n) is 15.7. The highest BCUT2D eigenvalue weighted by Gasteiger charge is 2.20. The third-order valence-corrected chi connectivity index (χ3v) is 5.06. The summed E-state index contributed by atoms with van der Waals surface area (Å²) in [5.41, 5.74) is 2.11. The van der Waals surface area contributed by atoms with E-state index in [0.717, 1.165) is 26.2 Å². The molecule has 0 spiro atoms. The Balaban J connectivity index is 1.74. The first-order chi connectivity index (χ1) is 12.8. The number of benzene rings is 1. The van der Waals surface area contributed by atoms with Gasteiger partial charge in [-0.3, -0.25) is 4.79 Å². The molecular formula is C19H23ClFN5O. The third-order valence-electron chi connectivity index (χ3n) is 4.71. The average molecular weight is 392 g/mol. The molecular weight excluding hydrogens is 369 g/mol. The van der Waals surface area contributed by atoms with Crippen molar-refractivity contribution in [3.05, 3.63) is 46.0 Å². The second-order valence-electron chi connectivity index (χ2n) is 6.78. The number of carbonyl (C=O) groups excluding carboxylic acids is 1. The molecule has 0 atom stereocenters. The third kappa shape index (κ3) is 4.54. The lowest BCUT2D eigenvalue weighted by Crippen LogP contribution is -2.45. The summed E-state index contributed by atoms with van der Waals surface area (Å²) in [6, 6.07) is 4.37. The Labute approximate surface area is 163 Å². The van der Waals surface area contributed by atoms with Gasteiger partial charge in [0.1, 0.15) is 5.82 Å². The standard InChI is InChI=1S/C19H23ClFN5O/c1-12-18(24-17(27)11-14-15(20)5-4-6-16(14)21)13(2)23-19(22-12)26-9-7-25(3)8-10-26/h4-6H,7-11H2,1-3H3,(H,24,27). The second kappa shape index (κ2) is 8.19. The molecule has 0 aliphatic carbocycles. The molecule has 3 rings (SSSR count). The Morgan fingerprint density at radius 1 is 1.19 bits per heavy atom. The number of nitrogens with zero attached hydrogens (tertiary/aromatic N) is 4.